The molecule has 44 valence electrons. The van der Waals surface area contributed by atoms with Crippen LogP contribution in [0.2, 0.25) is 6.04 Å². The van der Waals surface area contributed by atoms with E-state index in [1.807, 2.05) is 0 Å². The van der Waals surface area contributed by atoms with E-state index in [-0.39, 0.29) is 15.7 Å². The van der Waals surface area contributed by atoms with Gasteiger partial charge < -0.3 is 4.43 Å². The maximum absolute atomic E-state index is 10.1. The summed E-state index contributed by atoms with van der Waals surface area (Å²) >= 11 is 0. The predicted octanol–water partition coefficient (Wildman–Crippen LogP) is 0.773. The smallest absolute Gasteiger partial charge is 0.318 e. The summed E-state index contributed by atoms with van der Waals surface area (Å²) in [5.74, 6) is -0.217. The van der Waals surface area contributed by atoms with Crippen LogP contribution in [0.1, 0.15) is 6.92 Å². The van der Waals surface area contributed by atoms with E-state index in [2.05, 4.69) is 11.0 Å². The van der Waals surface area contributed by atoms with Gasteiger partial charge in [0.1, 0.15) is 0 Å². The first-order valence-corrected chi connectivity index (χ1v) is 3.40. The summed E-state index contributed by atoms with van der Waals surface area (Å²) in [7, 11) is 0.245. The second-order valence-corrected chi connectivity index (χ2v) is 2.13. The summed E-state index contributed by atoms with van der Waals surface area (Å²) in [6, 6.07) is 0.763. The molecular formula is C5H8O2Si. The molecule has 0 heterocycles. The summed E-state index contributed by atoms with van der Waals surface area (Å²) in [6.45, 7) is 4.87. The zero-order valence-electron chi connectivity index (χ0n) is 4.81. The SMILES string of the molecule is C=CC[Si]OC(C)=O. The Labute approximate surface area is 51.5 Å². The molecule has 0 atom stereocenters. The fraction of sp³-hybridized carbons (Fsp3) is 0.400. The fourth-order valence-electron chi connectivity index (χ4n) is 0.202. The molecule has 0 unspecified atom stereocenters. The Bertz CT molecular complexity index is 90.4. The third-order valence-corrected chi connectivity index (χ3v) is 1.33. The standard InChI is InChI=1S/C5H8O2Si/c1-3-4-8-7-5(2)6/h3H,1,4H2,2H3. The van der Waals surface area contributed by atoms with Crippen molar-refractivity contribution >= 4 is 15.7 Å². The van der Waals surface area contributed by atoms with E-state index >= 15 is 0 Å². The molecule has 0 spiro atoms. The van der Waals surface area contributed by atoms with Crippen molar-refractivity contribution in [1.82, 2.24) is 0 Å². The molecule has 0 bridgehead atoms. The molecule has 3 heteroatoms. The largest absolute Gasteiger partial charge is 0.516 e. The molecule has 0 aliphatic carbocycles. The van der Waals surface area contributed by atoms with Crippen LogP contribution < -0.4 is 0 Å². The van der Waals surface area contributed by atoms with E-state index in [1.165, 1.54) is 6.92 Å². The summed E-state index contributed by atoms with van der Waals surface area (Å²) in [5.41, 5.74) is 0. The number of carbonyl (C=O) groups excluding carboxylic acids is 1. The Hall–Kier alpha value is -0.573. The summed E-state index contributed by atoms with van der Waals surface area (Å²) in [6.07, 6.45) is 1.72. The van der Waals surface area contributed by atoms with Crippen LogP contribution in [-0.4, -0.2) is 15.7 Å². The lowest BCUT2D eigenvalue weighted by Crippen LogP contribution is -2.01. The lowest BCUT2D eigenvalue weighted by molar-refractivity contribution is -0.131. The van der Waals surface area contributed by atoms with Crippen LogP contribution in [0.4, 0.5) is 0 Å². The van der Waals surface area contributed by atoms with Gasteiger partial charge in [-0.2, -0.15) is 0 Å². The van der Waals surface area contributed by atoms with E-state index in [4.69, 9.17) is 0 Å². The Kier molecular flexibility index (Phi) is 4.25. The molecule has 0 rings (SSSR count). The van der Waals surface area contributed by atoms with Gasteiger partial charge in [0.25, 0.3) is 5.97 Å². The molecule has 0 saturated heterocycles. The number of allylic oxidation sites excluding steroid dienone is 1. The summed E-state index contributed by atoms with van der Waals surface area (Å²) < 4.78 is 4.60. The van der Waals surface area contributed by atoms with Crippen molar-refractivity contribution in [1.29, 1.82) is 0 Å². The molecule has 0 aromatic carbocycles. The third-order valence-electron chi connectivity index (χ3n) is 0.444. The van der Waals surface area contributed by atoms with E-state index in [9.17, 15) is 4.79 Å². The van der Waals surface area contributed by atoms with Gasteiger partial charge in [0.05, 0.1) is 0 Å². The minimum Gasteiger partial charge on any atom is -0.516 e. The van der Waals surface area contributed by atoms with Crippen molar-refractivity contribution in [3.63, 3.8) is 0 Å². The van der Waals surface area contributed by atoms with Crippen LogP contribution in [0.15, 0.2) is 12.7 Å². The van der Waals surface area contributed by atoms with Crippen LogP contribution in [0.25, 0.3) is 0 Å². The van der Waals surface area contributed by atoms with Crippen LogP contribution >= 0.6 is 0 Å². The number of rotatable bonds is 3. The Morgan fingerprint density at radius 3 is 3.00 bits per heavy atom. The van der Waals surface area contributed by atoms with Crippen molar-refractivity contribution in [2.75, 3.05) is 0 Å². The highest BCUT2D eigenvalue weighted by Crippen LogP contribution is 1.80. The Balaban J connectivity index is 2.93. The number of carbonyl (C=O) groups is 1. The zero-order valence-corrected chi connectivity index (χ0v) is 5.81. The van der Waals surface area contributed by atoms with Gasteiger partial charge in [0.2, 0.25) is 0 Å². The highest BCUT2D eigenvalue weighted by atomic mass is 28.2. The average molecular weight is 128 g/mol. The van der Waals surface area contributed by atoms with Gasteiger partial charge >= 0.3 is 9.76 Å². The van der Waals surface area contributed by atoms with Gasteiger partial charge in [-0.3, -0.25) is 4.79 Å². The first kappa shape index (κ1) is 7.43. The molecule has 0 aliphatic rings. The predicted molar refractivity (Wildman–Crippen MR) is 32.5 cm³/mol. The topological polar surface area (TPSA) is 26.3 Å². The monoisotopic (exact) mass is 128 g/mol. The third kappa shape index (κ3) is 5.43. The molecule has 0 saturated carbocycles. The molecule has 8 heavy (non-hydrogen) atoms. The minimum atomic E-state index is -0.217. The lowest BCUT2D eigenvalue weighted by Gasteiger charge is -1.92. The van der Waals surface area contributed by atoms with Crippen LogP contribution in [0, 0.1) is 0 Å². The molecule has 0 aromatic rings. The van der Waals surface area contributed by atoms with Gasteiger partial charge in [-0.15, -0.1) is 6.58 Å². The molecule has 2 nitrogen and oxygen atoms in total. The maximum Gasteiger partial charge on any atom is 0.318 e. The molecule has 0 aliphatic heterocycles. The quantitative estimate of drug-likeness (QED) is 0.319. The Morgan fingerprint density at radius 2 is 2.62 bits per heavy atom. The first-order valence-electron chi connectivity index (χ1n) is 2.28. The molecule has 0 fully saturated rings. The van der Waals surface area contributed by atoms with Gasteiger partial charge in [0.15, 0.2) is 0 Å². The van der Waals surface area contributed by atoms with E-state index in [0.717, 1.165) is 6.04 Å². The van der Waals surface area contributed by atoms with E-state index in [0.29, 0.717) is 0 Å². The first-order chi connectivity index (χ1) is 3.77. The van der Waals surface area contributed by atoms with Crippen LogP contribution in [0.5, 0.6) is 0 Å². The number of hydrogen-bond donors (Lipinski definition) is 0. The normalized spacial score (nSPS) is 8.12. The summed E-state index contributed by atoms with van der Waals surface area (Å²) in [5, 5.41) is 0. The van der Waals surface area contributed by atoms with Crippen molar-refractivity contribution in [3.05, 3.63) is 12.7 Å². The highest BCUT2D eigenvalue weighted by molar-refractivity contribution is 6.30. The minimum absolute atomic E-state index is 0.217. The molecule has 0 amide bonds. The van der Waals surface area contributed by atoms with Crippen molar-refractivity contribution in [2.24, 2.45) is 0 Å². The molecule has 0 N–H and O–H groups in total. The maximum atomic E-state index is 10.1. The summed E-state index contributed by atoms with van der Waals surface area (Å²) in [4.78, 5) is 10.1. The van der Waals surface area contributed by atoms with Gasteiger partial charge in [0, 0.05) is 6.92 Å². The van der Waals surface area contributed by atoms with E-state index in [1.54, 1.807) is 6.08 Å². The second kappa shape index (κ2) is 4.58. The van der Waals surface area contributed by atoms with Crippen LogP contribution in [0.3, 0.4) is 0 Å². The van der Waals surface area contributed by atoms with Crippen molar-refractivity contribution < 1.29 is 9.22 Å². The zero-order chi connectivity index (χ0) is 6.41. The average Bonchev–Trinajstić information content (AvgIpc) is 1.66. The fourth-order valence-corrected chi connectivity index (χ4v) is 0.607. The van der Waals surface area contributed by atoms with Gasteiger partial charge in [-0.25, -0.2) is 0 Å². The second-order valence-electron chi connectivity index (χ2n) is 1.23. The number of hydrogen-bond acceptors (Lipinski definition) is 2. The highest BCUT2D eigenvalue weighted by Gasteiger charge is 1.90. The Morgan fingerprint density at radius 1 is 2.00 bits per heavy atom. The van der Waals surface area contributed by atoms with E-state index < -0.39 is 0 Å². The lowest BCUT2D eigenvalue weighted by atomic mass is 10.8. The van der Waals surface area contributed by atoms with Crippen molar-refractivity contribution in [2.45, 2.75) is 13.0 Å². The molecule has 2 radical (unpaired) electrons. The molecular weight excluding hydrogens is 120 g/mol. The van der Waals surface area contributed by atoms with Crippen LogP contribution in [-0.2, 0) is 9.22 Å². The molecule has 0 aromatic heterocycles. The van der Waals surface area contributed by atoms with Crippen molar-refractivity contribution in [3.8, 4) is 0 Å². The van der Waals surface area contributed by atoms with Gasteiger partial charge in [-0.05, 0) is 6.04 Å². The van der Waals surface area contributed by atoms with Gasteiger partial charge in [-0.1, -0.05) is 6.08 Å².